The predicted octanol–water partition coefficient (Wildman–Crippen LogP) is 2.07. The zero-order valence-electron chi connectivity index (χ0n) is 11.3. The number of carbonyl (C=O) groups excluding carboxylic acids is 1. The Morgan fingerprint density at radius 3 is 2.60 bits per heavy atom. The minimum absolute atomic E-state index is 0.108. The number of hydrogen-bond acceptors (Lipinski definition) is 2. The van der Waals surface area contributed by atoms with Gasteiger partial charge in [0, 0.05) is 31.0 Å². The van der Waals surface area contributed by atoms with Gasteiger partial charge in [-0.25, -0.2) is 4.39 Å². The van der Waals surface area contributed by atoms with Crippen molar-refractivity contribution < 1.29 is 14.3 Å². The maximum absolute atomic E-state index is 14.1. The number of hydrogen-bond donors (Lipinski definition) is 1. The summed E-state index contributed by atoms with van der Waals surface area (Å²) in [5, 5.41) is 8.92. The van der Waals surface area contributed by atoms with Crippen LogP contribution in [-0.4, -0.2) is 40.2 Å². The van der Waals surface area contributed by atoms with Crippen LogP contribution < -0.4 is 0 Å². The molecule has 2 aromatic rings. The standard InChI is InChI=1S/C15H17FN2O2/c1-2-17(9-10-19)15(20)12-5-6-14(13(16)11-12)18-7-3-4-8-18/h3-8,11,19H,2,9-10H2,1H3. The molecule has 0 fully saturated rings. The van der Waals surface area contributed by atoms with Crippen LogP contribution in [0, 0.1) is 5.82 Å². The number of aliphatic hydroxyl groups excluding tert-OH is 1. The molecule has 0 bridgehead atoms. The first kappa shape index (κ1) is 14.3. The van der Waals surface area contributed by atoms with E-state index in [0.29, 0.717) is 12.2 Å². The van der Waals surface area contributed by atoms with Crippen molar-refractivity contribution in [2.45, 2.75) is 6.92 Å². The van der Waals surface area contributed by atoms with Crippen LogP contribution in [0.2, 0.25) is 0 Å². The van der Waals surface area contributed by atoms with Gasteiger partial charge in [-0.3, -0.25) is 4.79 Å². The zero-order chi connectivity index (χ0) is 14.5. The van der Waals surface area contributed by atoms with E-state index in [1.54, 1.807) is 41.2 Å². The van der Waals surface area contributed by atoms with Gasteiger partial charge in [-0.15, -0.1) is 0 Å². The van der Waals surface area contributed by atoms with Crippen LogP contribution in [0.1, 0.15) is 17.3 Å². The van der Waals surface area contributed by atoms with Crippen molar-refractivity contribution >= 4 is 5.91 Å². The van der Waals surface area contributed by atoms with E-state index in [0.717, 1.165) is 0 Å². The highest BCUT2D eigenvalue weighted by Crippen LogP contribution is 2.16. The number of amides is 1. The molecule has 5 heteroatoms. The van der Waals surface area contributed by atoms with Gasteiger partial charge < -0.3 is 14.6 Å². The molecule has 1 aromatic heterocycles. The molecule has 1 aromatic carbocycles. The van der Waals surface area contributed by atoms with Gasteiger partial charge in [-0.05, 0) is 37.3 Å². The molecule has 4 nitrogen and oxygen atoms in total. The SMILES string of the molecule is CCN(CCO)C(=O)c1ccc(-n2cccc2)c(F)c1. The van der Waals surface area contributed by atoms with Crippen molar-refractivity contribution in [3.63, 3.8) is 0 Å². The first-order valence-corrected chi connectivity index (χ1v) is 6.50. The molecule has 1 amide bonds. The minimum atomic E-state index is -0.452. The summed E-state index contributed by atoms with van der Waals surface area (Å²) in [6.45, 7) is 2.43. The third-order valence-electron chi connectivity index (χ3n) is 3.12. The van der Waals surface area contributed by atoms with Gasteiger partial charge >= 0.3 is 0 Å². The number of rotatable bonds is 5. The lowest BCUT2D eigenvalue weighted by Crippen LogP contribution is -2.33. The Hall–Kier alpha value is -2.14. The van der Waals surface area contributed by atoms with Crippen molar-refractivity contribution in [3.05, 3.63) is 54.1 Å². The van der Waals surface area contributed by atoms with E-state index in [9.17, 15) is 9.18 Å². The van der Waals surface area contributed by atoms with Crippen molar-refractivity contribution in [2.24, 2.45) is 0 Å². The number of nitrogens with zero attached hydrogens (tertiary/aromatic N) is 2. The molecular weight excluding hydrogens is 259 g/mol. The quantitative estimate of drug-likeness (QED) is 0.908. The lowest BCUT2D eigenvalue weighted by Gasteiger charge is -2.20. The van der Waals surface area contributed by atoms with Gasteiger partial charge in [0.2, 0.25) is 0 Å². The summed E-state index contributed by atoms with van der Waals surface area (Å²) in [4.78, 5) is 13.6. The predicted molar refractivity (Wildman–Crippen MR) is 74.4 cm³/mol. The molecule has 1 heterocycles. The van der Waals surface area contributed by atoms with Crippen LogP contribution >= 0.6 is 0 Å². The van der Waals surface area contributed by atoms with Crippen LogP contribution in [0.4, 0.5) is 4.39 Å². The second kappa shape index (κ2) is 6.34. The fourth-order valence-corrected chi connectivity index (χ4v) is 2.05. The van der Waals surface area contributed by atoms with Crippen LogP contribution in [0.25, 0.3) is 5.69 Å². The second-order valence-corrected chi connectivity index (χ2v) is 4.36. The molecule has 1 N–H and O–H groups in total. The number of carbonyl (C=O) groups is 1. The van der Waals surface area contributed by atoms with E-state index in [2.05, 4.69) is 0 Å². The number of halogens is 1. The van der Waals surface area contributed by atoms with Crippen molar-refractivity contribution in [1.82, 2.24) is 9.47 Å². The summed E-state index contributed by atoms with van der Waals surface area (Å²) in [5.74, 6) is -0.730. The molecule has 2 rings (SSSR count). The average Bonchev–Trinajstić information content (AvgIpc) is 2.97. The number of likely N-dealkylation sites (N-methyl/N-ethyl adjacent to an activating group) is 1. The summed E-state index contributed by atoms with van der Waals surface area (Å²) in [6, 6.07) is 8.02. The van der Waals surface area contributed by atoms with Crippen molar-refractivity contribution in [1.29, 1.82) is 0 Å². The molecule has 106 valence electrons. The Morgan fingerprint density at radius 1 is 1.35 bits per heavy atom. The van der Waals surface area contributed by atoms with Gasteiger partial charge in [-0.2, -0.15) is 0 Å². The number of benzene rings is 1. The Morgan fingerprint density at radius 2 is 2.05 bits per heavy atom. The van der Waals surface area contributed by atoms with Crippen LogP contribution in [0.15, 0.2) is 42.7 Å². The molecule has 0 aliphatic carbocycles. The summed E-state index contributed by atoms with van der Waals surface area (Å²) >= 11 is 0. The summed E-state index contributed by atoms with van der Waals surface area (Å²) in [6.07, 6.45) is 3.48. The van der Waals surface area contributed by atoms with Crippen LogP contribution in [0.5, 0.6) is 0 Å². The first-order chi connectivity index (χ1) is 9.67. The molecule has 0 aliphatic rings. The van der Waals surface area contributed by atoms with Gasteiger partial charge in [0.15, 0.2) is 0 Å². The van der Waals surface area contributed by atoms with E-state index in [4.69, 9.17) is 5.11 Å². The average molecular weight is 276 g/mol. The third kappa shape index (κ3) is 2.88. The maximum atomic E-state index is 14.1. The molecule has 0 spiro atoms. The molecule has 0 saturated heterocycles. The zero-order valence-corrected chi connectivity index (χ0v) is 11.3. The second-order valence-electron chi connectivity index (χ2n) is 4.36. The Balaban J connectivity index is 2.27. The van der Waals surface area contributed by atoms with E-state index < -0.39 is 5.82 Å². The highest BCUT2D eigenvalue weighted by molar-refractivity contribution is 5.94. The van der Waals surface area contributed by atoms with E-state index >= 15 is 0 Å². The Labute approximate surface area is 117 Å². The molecular formula is C15H17FN2O2. The molecule has 0 aliphatic heterocycles. The Bertz CT molecular complexity index is 582. The van der Waals surface area contributed by atoms with Gasteiger partial charge in [-0.1, -0.05) is 0 Å². The van der Waals surface area contributed by atoms with E-state index in [1.165, 1.54) is 11.0 Å². The minimum Gasteiger partial charge on any atom is -0.395 e. The fourth-order valence-electron chi connectivity index (χ4n) is 2.05. The molecule has 0 atom stereocenters. The maximum Gasteiger partial charge on any atom is 0.254 e. The number of aromatic nitrogens is 1. The van der Waals surface area contributed by atoms with Gasteiger partial charge in [0.1, 0.15) is 5.82 Å². The summed E-state index contributed by atoms with van der Waals surface area (Å²) in [5.41, 5.74) is 0.686. The Kier molecular flexibility index (Phi) is 4.53. The molecule has 0 saturated carbocycles. The van der Waals surface area contributed by atoms with Crippen molar-refractivity contribution in [3.8, 4) is 5.69 Å². The van der Waals surface area contributed by atoms with Gasteiger partial charge in [0.25, 0.3) is 5.91 Å². The van der Waals surface area contributed by atoms with Crippen molar-refractivity contribution in [2.75, 3.05) is 19.7 Å². The largest absolute Gasteiger partial charge is 0.395 e. The topological polar surface area (TPSA) is 45.5 Å². The van der Waals surface area contributed by atoms with Crippen LogP contribution in [-0.2, 0) is 0 Å². The van der Waals surface area contributed by atoms with Gasteiger partial charge in [0.05, 0.1) is 12.3 Å². The monoisotopic (exact) mass is 276 g/mol. The highest BCUT2D eigenvalue weighted by Gasteiger charge is 2.15. The lowest BCUT2D eigenvalue weighted by atomic mass is 10.1. The smallest absolute Gasteiger partial charge is 0.254 e. The summed E-state index contributed by atoms with van der Waals surface area (Å²) in [7, 11) is 0. The molecule has 0 radical (unpaired) electrons. The summed E-state index contributed by atoms with van der Waals surface area (Å²) < 4.78 is 15.7. The van der Waals surface area contributed by atoms with E-state index in [1.807, 2.05) is 6.92 Å². The number of aliphatic hydroxyl groups is 1. The van der Waals surface area contributed by atoms with Crippen LogP contribution in [0.3, 0.4) is 0 Å². The molecule has 20 heavy (non-hydrogen) atoms. The third-order valence-corrected chi connectivity index (χ3v) is 3.12. The first-order valence-electron chi connectivity index (χ1n) is 6.50. The normalized spacial score (nSPS) is 10.6. The lowest BCUT2D eigenvalue weighted by molar-refractivity contribution is 0.0731. The van der Waals surface area contributed by atoms with E-state index in [-0.39, 0.29) is 24.6 Å². The fraction of sp³-hybridized carbons (Fsp3) is 0.267. The molecule has 0 unspecified atom stereocenters. The highest BCUT2D eigenvalue weighted by atomic mass is 19.1.